The number of furan rings is 1. The highest BCUT2D eigenvalue weighted by molar-refractivity contribution is 8.01. The number of nitrogens with one attached hydrogen (secondary N) is 1. The van der Waals surface area contributed by atoms with Gasteiger partial charge in [0.1, 0.15) is 5.76 Å². The topological polar surface area (TPSA) is 71.3 Å². The van der Waals surface area contributed by atoms with Crippen molar-refractivity contribution in [2.24, 2.45) is 0 Å². The van der Waals surface area contributed by atoms with Gasteiger partial charge in [0.05, 0.1) is 18.6 Å². The first-order valence-electron chi connectivity index (χ1n) is 7.95. The summed E-state index contributed by atoms with van der Waals surface area (Å²) in [6.07, 6.45) is 3.36. The molecule has 26 heavy (non-hydrogen) atoms. The Balaban J connectivity index is 1.65. The second-order valence-corrected chi connectivity index (χ2v) is 7.43. The Bertz CT molecular complexity index is 834. The van der Waals surface area contributed by atoms with Crippen molar-refractivity contribution in [3.05, 3.63) is 67.1 Å². The first-order chi connectivity index (χ1) is 12.8. The van der Waals surface area contributed by atoms with E-state index in [-0.39, 0.29) is 11.7 Å². The molecule has 2 heterocycles. The van der Waals surface area contributed by atoms with Gasteiger partial charge in [-0.15, -0.1) is 16.8 Å². The lowest BCUT2D eigenvalue weighted by molar-refractivity contribution is -0.116. The van der Waals surface area contributed by atoms with E-state index in [0.29, 0.717) is 13.1 Å². The summed E-state index contributed by atoms with van der Waals surface area (Å²) in [5, 5.41) is 11.9. The number of thioether (sulfide) groups is 1. The molecule has 3 aromatic rings. The summed E-state index contributed by atoms with van der Waals surface area (Å²) in [5.74, 6) is 0.985. The van der Waals surface area contributed by atoms with Gasteiger partial charge >= 0.3 is 0 Å². The number of carbonyl (C=O) groups excluding carboxylic acids is 1. The van der Waals surface area contributed by atoms with E-state index in [1.165, 1.54) is 23.1 Å². The molecule has 0 saturated carbocycles. The number of hydrogen-bond acceptors (Lipinski definition) is 7. The van der Waals surface area contributed by atoms with Gasteiger partial charge < -0.3 is 14.6 Å². The van der Waals surface area contributed by atoms with E-state index in [0.717, 1.165) is 20.9 Å². The fraction of sp³-hybridized carbons (Fsp3) is 0.167. The highest BCUT2D eigenvalue weighted by Crippen LogP contribution is 2.27. The molecule has 6 nitrogen and oxygen atoms in total. The zero-order valence-corrected chi connectivity index (χ0v) is 15.6. The van der Waals surface area contributed by atoms with Gasteiger partial charge in [-0.05, 0) is 24.3 Å². The Labute approximate surface area is 159 Å². The lowest BCUT2D eigenvalue weighted by atomic mass is 10.2. The molecule has 1 amide bonds. The molecule has 0 spiro atoms. The monoisotopic (exact) mass is 386 g/mol. The molecule has 3 rings (SSSR count). The average molecular weight is 387 g/mol. The molecule has 0 saturated heterocycles. The Kier molecular flexibility index (Phi) is 6.45. The van der Waals surface area contributed by atoms with Gasteiger partial charge in [-0.3, -0.25) is 4.79 Å². The summed E-state index contributed by atoms with van der Waals surface area (Å²) in [4.78, 5) is 14.5. The second kappa shape index (κ2) is 9.21. The van der Waals surface area contributed by atoms with Crippen molar-refractivity contribution in [3.8, 4) is 0 Å². The van der Waals surface area contributed by atoms with E-state index < -0.39 is 0 Å². The van der Waals surface area contributed by atoms with E-state index in [9.17, 15) is 4.79 Å². The van der Waals surface area contributed by atoms with Crippen molar-refractivity contribution >= 4 is 39.8 Å². The number of rotatable bonds is 9. The summed E-state index contributed by atoms with van der Waals surface area (Å²) in [7, 11) is 0. The summed E-state index contributed by atoms with van der Waals surface area (Å²) in [6.45, 7) is 4.67. The summed E-state index contributed by atoms with van der Waals surface area (Å²) < 4.78 is 6.15. The predicted molar refractivity (Wildman–Crippen MR) is 106 cm³/mol. The van der Waals surface area contributed by atoms with Gasteiger partial charge in [-0.25, -0.2) is 0 Å². The molecule has 1 aromatic carbocycles. The van der Waals surface area contributed by atoms with Crippen LogP contribution in [0.25, 0.3) is 0 Å². The minimum absolute atomic E-state index is 0.0200. The van der Waals surface area contributed by atoms with Gasteiger partial charge in [0, 0.05) is 12.2 Å². The molecule has 2 aromatic heterocycles. The van der Waals surface area contributed by atoms with Gasteiger partial charge in [-0.2, -0.15) is 0 Å². The number of hydrogen-bond donors (Lipinski definition) is 1. The van der Waals surface area contributed by atoms with Crippen LogP contribution in [0.5, 0.6) is 0 Å². The number of benzene rings is 1. The van der Waals surface area contributed by atoms with Gasteiger partial charge in [0.2, 0.25) is 11.0 Å². The molecule has 0 bridgehead atoms. The van der Waals surface area contributed by atoms with Gasteiger partial charge in [-0.1, -0.05) is 47.4 Å². The van der Waals surface area contributed by atoms with Crippen molar-refractivity contribution in [3.63, 3.8) is 0 Å². The van der Waals surface area contributed by atoms with Gasteiger partial charge in [0.25, 0.3) is 0 Å². The first kappa shape index (κ1) is 18.2. The quantitative estimate of drug-likeness (QED) is 0.442. The largest absolute Gasteiger partial charge is 0.467 e. The fourth-order valence-corrected chi connectivity index (χ4v) is 3.83. The molecule has 0 aliphatic rings. The Morgan fingerprint density at radius 3 is 2.85 bits per heavy atom. The van der Waals surface area contributed by atoms with Crippen molar-refractivity contribution in [2.75, 3.05) is 22.5 Å². The lowest BCUT2D eigenvalue weighted by Crippen LogP contribution is -2.31. The second-order valence-electron chi connectivity index (χ2n) is 5.23. The van der Waals surface area contributed by atoms with Crippen LogP contribution in [0.4, 0.5) is 10.8 Å². The third kappa shape index (κ3) is 4.96. The molecule has 1 N–H and O–H groups in total. The number of carbonyl (C=O) groups is 1. The third-order valence-corrected chi connectivity index (χ3v) is 5.39. The third-order valence-electron chi connectivity index (χ3n) is 3.39. The zero-order chi connectivity index (χ0) is 18.2. The van der Waals surface area contributed by atoms with E-state index in [1.807, 2.05) is 42.5 Å². The average Bonchev–Trinajstić information content (AvgIpc) is 3.35. The van der Waals surface area contributed by atoms with Crippen LogP contribution in [-0.2, 0) is 11.3 Å². The molecule has 0 radical (unpaired) electrons. The minimum atomic E-state index is -0.0200. The molecular weight excluding hydrogens is 368 g/mol. The summed E-state index contributed by atoms with van der Waals surface area (Å²) in [6, 6.07) is 13.2. The Morgan fingerprint density at radius 2 is 2.12 bits per heavy atom. The van der Waals surface area contributed by atoms with Crippen molar-refractivity contribution in [1.29, 1.82) is 0 Å². The zero-order valence-electron chi connectivity index (χ0n) is 14.0. The normalized spacial score (nSPS) is 10.5. The van der Waals surface area contributed by atoms with Crippen LogP contribution >= 0.6 is 23.1 Å². The number of nitrogens with zero attached hydrogens (tertiary/aromatic N) is 3. The minimum Gasteiger partial charge on any atom is -0.467 e. The summed E-state index contributed by atoms with van der Waals surface area (Å²) >= 11 is 2.80. The molecular formula is C18H18N4O2S2. The van der Waals surface area contributed by atoms with E-state index >= 15 is 0 Å². The SMILES string of the molecule is C=CCNc1nnc(SCC(=O)N(Cc2ccco2)c2ccccc2)s1. The molecule has 0 aliphatic carbocycles. The van der Waals surface area contributed by atoms with Crippen molar-refractivity contribution in [1.82, 2.24) is 10.2 Å². The van der Waals surface area contributed by atoms with Crippen LogP contribution in [0.1, 0.15) is 5.76 Å². The maximum Gasteiger partial charge on any atom is 0.237 e. The van der Waals surface area contributed by atoms with Gasteiger partial charge in [0.15, 0.2) is 4.34 Å². The lowest BCUT2D eigenvalue weighted by Gasteiger charge is -2.21. The van der Waals surface area contributed by atoms with Crippen LogP contribution in [0, 0.1) is 0 Å². The maximum absolute atomic E-state index is 12.8. The number of aromatic nitrogens is 2. The van der Waals surface area contributed by atoms with E-state index in [4.69, 9.17) is 4.42 Å². The fourth-order valence-electron chi connectivity index (χ4n) is 2.19. The molecule has 0 unspecified atom stereocenters. The maximum atomic E-state index is 12.8. The van der Waals surface area contributed by atoms with Crippen LogP contribution in [0.3, 0.4) is 0 Å². The smallest absolute Gasteiger partial charge is 0.237 e. The first-order valence-corrected chi connectivity index (χ1v) is 9.75. The standard InChI is InChI=1S/C18H18N4O2S2/c1-2-10-19-17-20-21-18(26-17)25-13-16(23)22(12-15-9-6-11-24-15)14-7-4-3-5-8-14/h2-9,11H,1,10,12-13H2,(H,19,20). The number of amides is 1. The van der Waals surface area contributed by atoms with E-state index in [1.54, 1.807) is 17.2 Å². The molecule has 8 heteroatoms. The number of anilines is 2. The molecule has 0 fully saturated rings. The molecule has 134 valence electrons. The van der Waals surface area contributed by atoms with Crippen molar-refractivity contribution in [2.45, 2.75) is 10.9 Å². The van der Waals surface area contributed by atoms with Crippen LogP contribution in [-0.4, -0.2) is 28.4 Å². The van der Waals surface area contributed by atoms with E-state index in [2.05, 4.69) is 22.1 Å². The van der Waals surface area contributed by atoms with Crippen LogP contribution in [0.15, 0.2) is 70.1 Å². The van der Waals surface area contributed by atoms with Crippen LogP contribution in [0.2, 0.25) is 0 Å². The Hall–Kier alpha value is -2.58. The van der Waals surface area contributed by atoms with Crippen molar-refractivity contribution < 1.29 is 9.21 Å². The molecule has 0 aliphatic heterocycles. The Morgan fingerprint density at radius 1 is 1.27 bits per heavy atom. The predicted octanol–water partition coefficient (Wildman–Crippen LogP) is 4.05. The van der Waals surface area contributed by atoms with Crippen LogP contribution < -0.4 is 10.2 Å². The number of para-hydroxylation sites is 1. The highest BCUT2D eigenvalue weighted by Gasteiger charge is 2.18. The summed E-state index contributed by atoms with van der Waals surface area (Å²) in [5.41, 5.74) is 0.833. The molecule has 0 atom stereocenters. The highest BCUT2D eigenvalue weighted by atomic mass is 32.2.